The highest BCUT2D eigenvalue weighted by Crippen LogP contribution is 2.25. The summed E-state index contributed by atoms with van der Waals surface area (Å²) in [6.45, 7) is 1.74. The van der Waals surface area contributed by atoms with E-state index in [0.717, 1.165) is 25.8 Å². The van der Waals surface area contributed by atoms with Gasteiger partial charge in [-0.1, -0.05) is 0 Å². The number of hydrogen-bond acceptors (Lipinski definition) is 4. The Morgan fingerprint density at radius 2 is 2.17 bits per heavy atom. The lowest BCUT2D eigenvalue weighted by atomic mass is 10.0. The lowest BCUT2D eigenvalue weighted by molar-refractivity contribution is -0.137. The van der Waals surface area contributed by atoms with Gasteiger partial charge in [0.1, 0.15) is 6.61 Å². The number of hydrogen-bond donors (Lipinski definition) is 1. The van der Waals surface area contributed by atoms with Crippen LogP contribution in [0.1, 0.15) is 19.3 Å². The van der Waals surface area contributed by atoms with Crippen LogP contribution in [-0.2, 0) is 14.3 Å². The van der Waals surface area contributed by atoms with Crippen LogP contribution in [0.5, 0.6) is 0 Å². The molecule has 0 aromatic heterocycles. The molecule has 2 aliphatic heterocycles. The van der Waals surface area contributed by atoms with E-state index >= 15 is 0 Å². The van der Waals surface area contributed by atoms with Crippen LogP contribution >= 0.6 is 12.4 Å². The standard InChI is InChI=1S/C12H22N2O3.ClH/c1-14(2)12(15)8-16-7-9-3-4-10-11(17-9)5-6-13-10;/h9-11,13H,3-8H2,1-2H3;1H/t9-,10+,11+;/m0./s1. The highest BCUT2D eigenvalue weighted by molar-refractivity contribution is 5.85. The molecule has 0 aliphatic carbocycles. The SMILES string of the molecule is CN(C)C(=O)COC[C@@H]1CC[C@H]2NCC[C@H]2O1.Cl. The third kappa shape index (κ3) is 4.09. The van der Waals surface area contributed by atoms with Crippen LogP contribution in [0.4, 0.5) is 0 Å². The first-order valence-electron chi connectivity index (χ1n) is 6.33. The molecule has 18 heavy (non-hydrogen) atoms. The molecule has 2 saturated heterocycles. The van der Waals surface area contributed by atoms with Gasteiger partial charge in [0.15, 0.2) is 0 Å². The zero-order valence-electron chi connectivity index (χ0n) is 11.1. The van der Waals surface area contributed by atoms with Crippen LogP contribution in [-0.4, -0.2) is 62.9 Å². The Morgan fingerprint density at radius 3 is 2.89 bits per heavy atom. The molecule has 0 aromatic rings. The molecule has 2 heterocycles. The average molecular weight is 279 g/mol. The number of carbonyl (C=O) groups is 1. The van der Waals surface area contributed by atoms with Crippen molar-refractivity contribution in [2.24, 2.45) is 0 Å². The van der Waals surface area contributed by atoms with Crippen LogP contribution in [0, 0.1) is 0 Å². The number of rotatable bonds is 4. The Kier molecular flexibility index (Phi) is 6.35. The van der Waals surface area contributed by atoms with E-state index in [9.17, 15) is 4.79 Å². The minimum absolute atomic E-state index is 0. The first-order valence-corrected chi connectivity index (χ1v) is 6.33. The van der Waals surface area contributed by atoms with Gasteiger partial charge in [0.25, 0.3) is 0 Å². The summed E-state index contributed by atoms with van der Waals surface area (Å²) < 4.78 is 11.3. The van der Waals surface area contributed by atoms with Gasteiger partial charge in [-0.15, -0.1) is 12.4 Å². The van der Waals surface area contributed by atoms with Crippen LogP contribution in [0.2, 0.25) is 0 Å². The summed E-state index contributed by atoms with van der Waals surface area (Å²) >= 11 is 0. The van der Waals surface area contributed by atoms with Gasteiger partial charge in [-0.25, -0.2) is 0 Å². The van der Waals surface area contributed by atoms with E-state index in [4.69, 9.17) is 9.47 Å². The number of nitrogens with one attached hydrogen (secondary N) is 1. The van der Waals surface area contributed by atoms with Crippen molar-refractivity contribution in [1.29, 1.82) is 0 Å². The van der Waals surface area contributed by atoms with Crippen molar-refractivity contribution in [3.8, 4) is 0 Å². The van der Waals surface area contributed by atoms with Gasteiger partial charge in [0.2, 0.25) is 5.91 Å². The number of carbonyl (C=O) groups excluding carboxylic acids is 1. The van der Waals surface area contributed by atoms with Crippen LogP contribution in [0.3, 0.4) is 0 Å². The molecule has 106 valence electrons. The van der Waals surface area contributed by atoms with Crippen LogP contribution < -0.4 is 5.32 Å². The molecule has 5 nitrogen and oxygen atoms in total. The highest BCUT2D eigenvalue weighted by atomic mass is 35.5. The second-order valence-electron chi connectivity index (χ2n) is 5.03. The molecule has 2 aliphatic rings. The van der Waals surface area contributed by atoms with Gasteiger partial charge in [0, 0.05) is 20.1 Å². The zero-order valence-corrected chi connectivity index (χ0v) is 11.9. The van der Waals surface area contributed by atoms with Crippen molar-refractivity contribution in [3.05, 3.63) is 0 Å². The Labute approximate surface area is 115 Å². The molecule has 0 radical (unpaired) electrons. The monoisotopic (exact) mass is 278 g/mol. The molecule has 0 spiro atoms. The van der Waals surface area contributed by atoms with Gasteiger partial charge in [-0.05, 0) is 25.8 Å². The number of fused-ring (bicyclic) bond motifs is 1. The molecule has 2 rings (SSSR count). The van der Waals surface area contributed by atoms with E-state index in [2.05, 4.69) is 5.32 Å². The number of nitrogens with zero attached hydrogens (tertiary/aromatic N) is 1. The van der Waals surface area contributed by atoms with E-state index in [-0.39, 0.29) is 31.0 Å². The maximum absolute atomic E-state index is 11.3. The molecular formula is C12H23ClN2O3. The Morgan fingerprint density at radius 1 is 1.39 bits per heavy atom. The number of likely N-dealkylation sites (N-methyl/N-ethyl adjacent to an activating group) is 1. The minimum atomic E-state index is 0. The maximum atomic E-state index is 11.3. The van der Waals surface area contributed by atoms with Gasteiger partial charge in [-0.2, -0.15) is 0 Å². The predicted octanol–water partition coefficient (Wildman–Crippen LogP) is 0.422. The lowest BCUT2D eigenvalue weighted by Gasteiger charge is -2.32. The summed E-state index contributed by atoms with van der Waals surface area (Å²) in [7, 11) is 3.47. The predicted molar refractivity (Wildman–Crippen MR) is 71.1 cm³/mol. The van der Waals surface area contributed by atoms with Crippen LogP contribution in [0.25, 0.3) is 0 Å². The normalized spacial score (nSPS) is 30.4. The highest BCUT2D eigenvalue weighted by Gasteiger charge is 2.34. The fourth-order valence-electron chi connectivity index (χ4n) is 2.40. The zero-order chi connectivity index (χ0) is 12.3. The minimum Gasteiger partial charge on any atom is -0.371 e. The van der Waals surface area contributed by atoms with E-state index in [1.165, 1.54) is 0 Å². The second-order valence-corrected chi connectivity index (χ2v) is 5.03. The van der Waals surface area contributed by atoms with Crippen molar-refractivity contribution in [2.75, 3.05) is 33.9 Å². The molecule has 0 aromatic carbocycles. The molecule has 2 fully saturated rings. The summed E-state index contributed by atoms with van der Waals surface area (Å²) in [5, 5.41) is 3.44. The van der Waals surface area contributed by atoms with Crippen LogP contribution in [0.15, 0.2) is 0 Å². The quantitative estimate of drug-likeness (QED) is 0.810. The number of ether oxygens (including phenoxy) is 2. The number of halogens is 1. The Bertz CT molecular complexity index is 276. The summed E-state index contributed by atoms with van der Waals surface area (Å²) in [4.78, 5) is 12.9. The van der Waals surface area contributed by atoms with Crippen molar-refractivity contribution in [2.45, 2.75) is 37.5 Å². The smallest absolute Gasteiger partial charge is 0.248 e. The summed E-state index contributed by atoms with van der Waals surface area (Å²) in [6.07, 6.45) is 3.77. The van der Waals surface area contributed by atoms with Crippen molar-refractivity contribution in [1.82, 2.24) is 10.2 Å². The fourth-order valence-corrected chi connectivity index (χ4v) is 2.40. The first-order chi connectivity index (χ1) is 8.16. The molecule has 0 bridgehead atoms. The molecule has 0 unspecified atom stereocenters. The van der Waals surface area contributed by atoms with Gasteiger partial charge < -0.3 is 19.7 Å². The third-order valence-electron chi connectivity index (χ3n) is 3.48. The van der Waals surface area contributed by atoms with Gasteiger partial charge >= 0.3 is 0 Å². The molecule has 0 saturated carbocycles. The summed E-state index contributed by atoms with van der Waals surface area (Å²) in [6, 6.07) is 0.537. The molecule has 1 amide bonds. The fraction of sp³-hybridized carbons (Fsp3) is 0.917. The Hall–Kier alpha value is -0.360. The molecule has 3 atom stereocenters. The van der Waals surface area contributed by atoms with E-state index in [1.54, 1.807) is 19.0 Å². The average Bonchev–Trinajstić information content (AvgIpc) is 2.75. The topological polar surface area (TPSA) is 50.8 Å². The molecular weight excluding hydrogens is 256 g/mol. The summed E-state index contributed by atoms with van der Waals surface area (Å²) in [5.74, 6) is 0.00113. The second kappa shape index (κ2) is 7.28. The van der Waals surface area contributed by atoms with Crippen molar-refractivity contribution >= 4 is 18.3 Å². The maximum Gasteiger partial charge on any atom is 0.248 e. The van der Waals surface area contributed by atoms with Crippen molar-refractivity contribution < 1.29 is 14.3 Å². The van der Waals surface area contributed by atoms with Crippen molar-refractivity contribution in [3.63, 3.8) is 0 Å². The lowest BCUT2D eigenvalue weighted by Crippen LogP contribution is -2.42. The number of amides is 1. The van der Waals surface area contributed by atoms with E-state index < -0.39 is 0 Å². The van der Waals surface area contributed by atoms with E-state index in [1.807, 2.05) is 0 Å². The van der Waals surface area contributed by atoms with E-state index in [0.29, 0.717) is 18.8 Å². The van der Waals surface area contributed by atoms with Gasteiger partial charge in [0.05, 0.1) is 18.8 Å². The molecule has 1 N–H and O–H groups in total. The largest absolute Gasteiger partial charge is 0.371 e. The summed E-state index contributed by atoms with van der Waals surface area (Å²) in [5.41, 5.74) is 0. The molecule has 6 heteroatoms. The Balaban J connectivity index is 0.00000162. The third-order valence-corrected chi connectivity index (χ3v) is 3.48. The van der Waals surface area contributed by atoms with Gasteiger partial charge in [-0.3, -0.25) is 4.79 Å². The first kappa shape index (κ1) is 15.7.